The van der Waals surface area contributed by atoms with Gasteiger partial charge in [-0.2, -0.15) is 0 Å². The van der Waals surface area contributed by atoms with Crippen LogP contribution in [0.2, 0.25) is 0 Å². The third-order valence-electron chi connectivity index (χ3n) is 4.56. The minimum Gasteiger partial charge on any atom is -0.345 e. The van der Waals surface area contributed by atoms with Crippen molar-refractivity contribution in [2.24, 2.45) is 4.99 Å². The Morgan fingerprint density at radius 3 is 2.32 bits per heavy atom. The highest BCUT2D eigenvalue weighted by Crippen LogP contribution is 2.23. The highest BCUT2D eigenvalue weighted by molar-refractivity contribution is 5.92. The Balaban J connectivity index is 2.68. The number of para-hydroxylation sites is 1. The van der Waals surface area contributed by atoms with Gasteiger partial charge in [0.15, 0.2) is 0 Å². The van der Waals surface area contributed by atoms with Gasteiger partial charge in [-0.15, -0.1) is 0 Å². The molecule has 0 atom stereocenters. The number of aliphatic imine (C=N–C) groups is 1. The predicted octanol–water partition coefficient (Wildman–Crippen LogP) is 7.43. The van der Waals surface area contributed by atoms with Crippen LogP contribution >= 0.6 is 0 Å². The fourth-order valence-electron chi connectivity index (χ4n) is 2.81. The Labute approximate surface area is 173 Å². The van der Waals surface area contributed by atoms with Gasteiger partial charge < -0.3 is 4.90 Å². The van der Waals surface area contributed by atoms with Crippen LogP contribution in [0.15, 0.2) is 77.5 Å². The molecule has 0 saturated carbocycles. The van der Waals surface area contributed by atoms with E-state index in [1.165, 1.54) is 36.2 Å². The fourth-order valence-corrected chi connectivity index (χ4v) is 2.81. The standard InChI is InChI=1S/C26H38N2/c1-6-8-21-27-24(4)18-13-11-10-12-14-19-25(5)28(22-9-7-2)26-20-16-15-17-23(26)3/h10-20H,6-9,21-22H2,1-5H3/b11-10+,14-12+,18-13+,25-19+,27-24?. The van der Waals surface area contributed by atoms with E-state index >= 15 is 0 Å². The van der Waals surface area contributed by atoms with Gasteiger partial charge in [-0.25, -0.2) is 0 Å². The average Bonchev–Trinajstić information content (AvgIpc) is 2.69. The van der Waals surface area contributed by atoms with Gasteiger partial charge in [-0.1, -0.05) is 75.3 Å². The Bertz CT molecular complexity index is 705. The average molecular weight is 379 g/mol. The van der Waals surface area contributed by atoms with Crippen LogP contribution in [0, 0.1) is 6.92 Å². The van der Waals surface area contributed by atoms with Gasteiger partial charge in [0, 0.05) is 30.2 Å². The van der Waals surface area contributed by atoms with Crippen molar-refractivity contribution in [2.45, 2.75) is 60.3 Å². The number of hydrogen-bond donors (Lipinski definition) is 0. The summed E-state index contributed by atoms with van der Waals surface area (Å²) >= 11 is 0. The molecular formula is C26H38N2. The molecule has 0 unspecified atom stereocenters. The molecule has 152 valence electrons. The molecule has 1 aromatic carbocycles. The Morgan fingerprint density at radius 2 is 1.61 bits per heavy atom. The molecule has 0 aliphatic rings. The first-order valence-electron chi connectivity index (χ1n) is 10.6. The minimum atomic E-state index is 0.926. The monoisotopic (exact) mass is 378 g/mol. The highest BCUT2D eigenvalue weighted by Gasteiger charge is 2.09. The van der Waals surface area contributed by atoms with E-state index in [-0.39, 0.29) is 0 Å². The zero-order valence-electron chi connectivity index (χ0n) is 18.5. The number of allylic oxidation sites excluding steroid dienone is 8. The van der Waals surface area contributed by atoms with Crippen molar-refractivity contribution in [3.63, 3.8) is 0 Å². The lowest BCUT2D eigenvalue weighted by molar-refractivity contribution is 0.764. The third kappa shape index (κ3) is 9.55. The van der Waals surface area contributed by atoms with Crippen molar-refractivity contribution in [1.29, 1.82) is 0 Å². The van der Waals surface area contributed by atoms with Gasteiger partial charge in [-0.3, -0.25) is 4.99 Å². The summed E-state index contributed by atoms with van der Waals surface area (Å²) in [6, 6.07) is 8.61. The molecule has 0 spiro atoms. The maximum absolute atomic E-state index is 4.51. The summed E-state index contributed by atoms with van der Waals surface area (Å²) < 4.78 is 0. The lowest BCUT2D eigenvalue weighted by Gasteiger charge is -2.27. The Kier molecular flexibility index (Phi) is 12.4. The van der Waals surface area contributed by atoms with Crippen LogP contribution in [0.3, 0.4) is 0 Å². The molecule has 2 heteroatoms. The smallest absolute Gasteiger partial charge is 0.0437 e. The van der Waals surface area contributed by atoms with Crippen LogP contribution in [0.25, 0.3) is 0 Å². The van der Waals surface area contributed by atoms with Crippen molar-refractivity contribution in [3.8, 4) is 0 Å². The quantitative estimate of drug-likeness (QED) is 0.210. The van der Waals surface area contributed by atoms with Gasteiger partial charge in [0.2, 0.25) is 0 Å². The predicted molar refractivity (Wildman–Crippen MR) is 127 cm³/mol. The topological polar surface area (TPSA) is 15.6 Å². The SMILES string of the molecule is CCCCN=C(C)/C=C/C=C/C=C/C=C(\C)N(CCCC)c1ccccc1C. The number of nitrogens with zero attached hydrogens (tertiary/aromatic N) is 2. The van der Waals surface area contributed by atoms with Crippen LogP contribution in [-0.4, -0.2) is 18.8 Å². The Hall–Kier alpha value is -2.35. The molecule has 1 aromatic rings. The number of rotatable bonds is 12. The third-order valence-corrected chi connectivity index (χ3v) is 4.56. The van der Waals surface area contributed by atoms with E-state index in [1.807, 2.05) is 6.08 Å². The van der Waals surface area contributed by atoms with Crippen LogP contribution in [0.4, 0.5) is 5.69 Å². The van der Waals surface area contributed by atoms with Crippen LogP contribution in [0.5, 0.6) is 0 Å². The molecule has 0 bridgehead atoms. The van der Waals surface area contributed by atoms with Gasteiger partial charge in [-0.05, 0) is 57.4 Å². The second kappa shape index (κ2) is 14.7. The molecule has 0 heterocycles. The number of benzene rings is 1. The molecule has 28 heavy (non-hydrogen) atoms. The van der Waals surface area contributed by atoms with Crippen molar-refractivity contribution in [1.82, 2.24) is 0 Å². The molecule has 0 N–H and O–H groups in total. The molecule has 0 fully saturated rings. The molecule has 0 saturated heterocycles. The van der Waals surface area contributed by atoms with Gasteiger partial charge in [0.1, 0.15) is 0 Å². The summed E-state index contributed by atoms with van der Waals surface area (Å²) in [5.41, 5.74) is 4.97. The summed E-state index contributed by atoms with van der Waals surface area (Å²) in [5, 5.41) is 0. The van der Waals surface area contributed by atoms with E-state index in [0.29, 0.717) is 0 Å². The van der Waals surface area contributed by atoms with Crippen molar-refractivity contribution in [2.75, 3.05) is 18.0 Å². The largest absolute Gasteiger partial charge is 0.345 e. The zero-order valence-corrected chi connectivity index (χ0v) is 18.5. The molecule has 1 rings (SSSR count). The molecule has 0 aliphatic carbocycles. The first-order chi connectivity index (χ1) is 13.6. The van der Waals surface area contributed by atoms with Gasteiger partial charge in [0.05, 0.1) is 0 Å². The first-order valence-corrected chi connectivity index (χ1v) is 10.6. The highest BCUT2D eigenvalue weighted by atomic mass is 15.1. The first kappa shape index (κ1) is 23.7. The summed E-state index contributed by atoms with van der Waals surface area (Å²) in [6.07, 6.45) is 19.3. The molecule has 2 nitrogen and oxygen atoms in total. The molecule has 0 amide bonds. The fraction of sp³-hybridized carbons (Fsp3) is 0.423. The van der Waals surface area contributed by atoms with E-state index in [2.05, 4.69) is 105 Å². The van der Waals surface area contributed by atoms with Crippen molar-refractivity contribution >= 4 is 11.4 Å². The van der Waals surface area contributed by atoms with Crippen LogP contribution < -0.4 is 4.90 Å². The second-order valence-corrected chi connectivity index (χ2v) is 7.11. The summed E-state index contributed by atoms with van der Waals surface area (Å²) in [7, 11) is 0. The van der Waals surface area contributed by atoms with Crippen molar-refractivity contribution < 1.29 is 0 Å². The van der Waals surface area contributed by atoms with E-state index in [4.69, 9.17) is 0 Å². The maximum atomic E-state index is 4.51. The molecule has 0 aliphatic heterocycles. The minimum absolute atomic E-state index is 0.926. The second-order valence-electron chi connectivity index (χ2n) is 7.11. The number of aryl methyl sites for hydroxylation is 1. The number of anilines is 1. The number of unbranched alkanes of at least 4 members (excludes halogenated alkanes) is 2. The number of hydrogen-bond acceptors (Lipinski definition) is 2. The summed E-state index contributed by atoms with van der Waals surface area (Å²) in [5.74, 6) is 0. The van der Waals surface area contributed by atoms with Crippen LogP contribution in [0.1, 0.15) is 58.9 Å². The maximum Gasteiger partial charge on any atom is 0.0437 e. The van der Waals surface area contributed by atoms with E-state index in [0.717, 1.165) is 25.2 Å². The normalized spacial score (nSPS) is 13.3. The summed E-state index contributed by atoms with van der Waals surface area (Å²) in [4.78, 5) is 6.93. The lowest BCUT2D eigenvalue weighted by Crippen LogP contribution is -2.22. The molecular weight excluding hydrogens is 340 g/mol. The van der Waals surface area contributed by atoms with Crippen LogP contribution in [-0.2, 0) is 0 Å². The molecule has 0 radical (unpaired) electrons. The van der Waals surface area contributed by atoms with E-state index < -0.39 is 0 Å². The van der Waals surface area contributed by atoms with E-state index in [9.17, 15) is 0 Å². The zero-order chi connectivity index (χ0) is 20.6. The van der Waals surface area contributed by atoms with E-state index in [1.54, 1.807) is 0 Å². The summed E-state index contributed by atoms with van der Waals surface area (Å²) in [6.45, 7) is 12.8. The van der Waals surface area contributed by atoms with Gasteiger partial charge in [0.25, 0.3) is 0 Å². The Morgan fingerprint density at radius 1 is 0.929 bits per heavy atom. The molecule has 0 aromatic heterocycles. The lowest BCUT2D eigenvalue weighted by atomic mass is 10.1. The van der Waals surface area contributed by atoms with Gasteiger partial charge >= 0.3 is 0 Å². The van der Waals surface area contributed by atoms with Crippen molar-refractivity contribution in [3.05, 3.63) is 78.1 Å².